The van der Waals surface area contributed by atoms with E-state index in [2.05, 4.69) is 26.0 Å². The van der Waals surface area contributed by atoms with Crippen LogP contribution in [0.3, 0.4) is 0 Å². The molecule has 0 N–H and O–H groups in total. The number of aryl methyl sites for hydroxylation is 1. The summed E-state index contributed by atoms with van der Waals surface area (Å²) in [5.74, 6) is 1.90. The lowest BCUT2D eigenvalue weighted by molar-refractivity contribution is 0.0734. The van der Waals surface area contributed by atoms with Crippen molar-refractivity contribution in [2.45, 2.75) is 77.6 Å². The molecular formula is C26H34O2. The molecule has 0 unspecified atom stereocenters. The summed E-state index contributed by atoms with van der Waals surface area (Å²) in [5, 5.41) is 0. The molecule has 0 radical (unpaired) electrons. The fraction of sp³-hybridized carbons (Fsp3) is 0.500. The summed E-state index contributed by atoms with van der Waals surface area (Å²) in [5.41, 5.74) is 3.27. The molecular weight excluding hydrogens is 344 g/mol. The predicted molar refractivity (Wildman–Crippen MR) is 116 cm³/mol. The molecule has 0 aliphatic heterocycles. The van der Waals surface area contributed by atoms with Gasteiger partial charge in [-0.05, 0) is 79.3 Å². The van der Waals surface area contributed by atoms with Gasteiger partial charge in [0.25, 0.3) is 0 Å². The zero-order valence-electron chi connectivity index (χ0n) is 17.5. The number of esters is 1. The molecule has 2 aromatic rings. The monoisotopic (exact) mass is 378 g/mol. The number of ether oxygens (including phenoxy) is 1. The summed E-state index contributed by atoms with van der Waals surface area (Å²) in [7, 11) is 0. The minimum absolute atomic E-state index is 0.280. The Balaban J connectivity index is 1.53. The van der Waals surface area contributed by atoms with Gasteiger partial charge in [-0.3, -0.25) is 0 Å². The molecule has 0 bridgehead atoms. The zero-order chi connectivity index (χ0) is 19.8. The number of carbonyl (C=O) groups is 1. The minimum Gasteiger partial charge on any atom is -0.423 e. The SMILES string of the molecule is CCCCC1CCC(c2ccc(C(=O)Oc3ccc(CCC)cc3)cc2)CC1. The Labute approximate surface area is 170 Å². The molecule has 150 valence electrons. The third-order valence-corrected chi connectivity index (χ3v) is 6.10. The second-order valence-electron chi connectivity index (χ2n) is 8.27. The fourth-order valence-corrected chi connectivity index (χ4v) is 4.35. The van der Waals surface area contributed by atoms with Crippen LogP contribution in [0.4, 0.5) is 0 Å². The van der Waals surface area contributed by atoms with E-state index in [0.29, 0.717) is 17.2 Å². The standard InChI is InChI=1S/C26H34O2/c1-3-5-7-21-8-12-22(13-9-21)23-14-16-24(17-15-23)26(27)28-25-18-10-20(6-4-2)11-19-25/h10-11,14-19,21-22H,3-9,12-13H2,1-2H3. The average molecular weight is 379 g/mol. The molecule has 0 atom stereocenters. The number of carbonyl (C=O) groups excluding carboxylic acids is 1. The third kappa shape index (κ3) is 5.70. The van der Waals surface area contributed by atoms with Crippen LogP contribution in [0, 0.1) is 5.92 Å². The molecule has 0 spiro atoms. The first-order valence-corrected chi connectivity index (χ1v) is 11.1. The Kier molecular flexibility index (Phi) is 7.71. The quantitative estimate of drug-likeness (QED) is 0.355. The molecule has 2 nitrogen and oxygen atoms in total. The van der Waals surface area contributed by atoms with E-state index in [1.165, 1.54) is 56.1 Å². The minimum atomic E-state index is -0.280. The summed E-state index contributed by atoms with van der Waals surface area (Å²) < 4.78 is 5.53. The van der Waals surface area contributed by atoms with Gasteiger partial charge in [0.15, 0.2) is 0 Å². The van der Waals surface area contributed by atoms with Gasteiger partial charge in [0, 0.05) is 0 Å². The average Bonchev–Trinajstić information content (AvgIpc) is 2.74. The number of rotatable bonds is 8. The molecule has 0 heterocycles. The maximum Gasteiger partial charge on any atom is 0.343 e. The lowest BCUT2D eigenvalue weighted by Crippen LogP contribution is -2.14. The van der Waals surface area contributed by atoms with Gasteiger partial charge in [0.05, 0.1) is 5.56 Å². The highest BCUT2D eigenvalue weighted by Gasteiger charge is 2.22. The van der Waals surface area contributed by atoms with Crippen molar-refractivity contribution in [1.82, 2.24) is 0 Å². The van der Waals surface area contributed by atoms with Gasteiger partial charge in [-0.25, -0.2) is 4.79 Å². The molecule has 1 fully saturated rings. The molecule has 28 heavy (non-hydrogen) atoms. The van der Waals surface area contributed by atoms with Gasteiger partial charge in [-0.2, -0.15) is 0 Å². The van der Waals surface area contributed by atoms with E-state index in [9.17, 15) is 4.79 Å². The summed E-state index contributed by atoms with van der Waals surface area (Å²) in [4.78, 5) is 12.4. The van der Waals surface area contributed by atoms with Crippen LogP contribution < -0.4 is 4.74 Å². The number of hydrogen-bond donors (Lipinski definition) is 0. The van der Waals surface area contributed by atoms with Crippen LogP contribution >= 0.6 is 0 Å². The van der Waals surface area contributed by atoms with Gasteiger partial charge >= 0.3 is 5.97 Å². The number of unbranched alkanes of at least 4 members (excludes halogenated alkanes) is 1. The Morgan fingerprint density at radius 2 is 1.57 bits per heavy atom. The van der Waals surface area contributed by atoms with Gasteiger partial charge in [0.2, 0.25) is 0 Å². The van der Waals surface area contributed by atoms with Crippen LogP contribution in [-0.4, -0.2) is 5.97 Å². The van der Waals surface area contributed by atoms with E-state index in [-0.39, 0.29) is 5.97 Å². The number of benzene rings is 2. The topological polar surface area (TPSA) is 26.3 Å². The van der Waals surface area contributed by atoms with Crippen LogP contribution in [0.2, 0.25) is 0 Å². The summed E-state index contributed by atoms with van der Waals surface area (Å²) in [6.07, 6.45) is 11.5. The second-order valence-corrected chi connectivity index (χ2v) is 8.27. The molecule has 2 heteroatoms. The first-order chi connectivity index (χ1) is 13.7. The van der Waals surface area contributed by atoms with Gasteiger partial charge in [-0.1, -0.05) is 63.8 Å². The van der Waals surface area contributed by atoms with E-state index in [1.807, 2.05) is 36.4 Å². The molecule has 0 amide bonds. The molecule has 1 saturated carbocycles. The summed E-state index contributed by atoms with van der Waals surface area (Å²) >= 11 is 0. The Hall–Kier alpha value is -2.09. The highest BCUT2D eigenvalue weighted by molar-refractivity contribution is 5.91. The highest BCUT2D eigenvalue weighted by Crippen LogP contribution is 2.37. The molecule has 0 saturated heterocycles. The maximum atomic E-state index is 12.4. The van der Waals surface area contributed by atoms with Crippen LogP contribution in [0.5, 0.6) is 5.75 Å². The van der Waals surface area contributed by atoms with Crippen LogP contribution in [0.25, 0.3) is 0 Å². The predicted octanol–water partition coefficient (Wildman–Crippen LogP) is 7.32. The third-order valence-electron chi connectivity index (χ3n) is 6.10. The Morgan fingerprint density at radius 3 is 2.18 bits per heavy atom. The summed E-state index contributed by atoms with van der Waals surface area (Å²) in [6.45, 7) is 4.44. The van der Waals surface area contributed by atoms with E-state index >= 15 is 0 Å². The van der Waals surface area contributed by atoms with Crippen LogP contribution in [0.1, 0.15) is 92.6 Å². The van der Waals surface area contributed by atoms with Crippen molar-refractivity contribution in [2.75, 3.05) is 0 Å². The van der Waals surface area contributed by atoms with E-state index < -0.39 is 0 Å². The Bertz CT molecular complexity index is 722. The van der Waals surface area contributed by atoms with Crippen molar-refractivity contribution in [3.63, 3.8) is 0 Å². The maximum absolute atomic E-state index is 12.4. The fourth-order valence-electron chi connectivity index (χ4n) is 4.35. The van der Waals surface area contributed by atoms with E-state index in [1.54, 1.807) is 0 Å². The first-order valence-electron chi connectivity index (χ1n) is 11.1. The van der Waals surface area contributed by atoms with Crippen molar-refractivity contribution >= 4 is 5.97 Å². The van der Waals surface area contributed by atoms with Crippen LogP contribution in [-0.2, 0) is 6.42 Å². The summed E-state index contributed by atoms with van der Waals surface area (Å²) in [6, 6.07) is 15.9. The van der Waals surface area contributed by atoms with E-state index in [4.69, 9.17) is 4.74 Å². The van der Waals surface area contributed by atoms with Gasteiger partial charge in [-0.15, -0.1) is 0 Å². The first kappa shape index (κ1) is 20.6. The molecule has 1 aliphatic rings. The van der Waals surface area contributed by atoms with Crippen LogP contribution in [0.15, 0.2) is 48.5 Å². The van der Waals surface area contributed by atoms with Crippen molar-refractivity contribution < 1.29 is 9.53 Å². The lowest BCUT2D eigenvalue weighted by atomic mass is 9.77. The molecule has 2 aromatic carbocycles. The largest absolute Gasteiger partial charge is 0.423 e. The normalized spacial score (nSPS) is 19.4. The Morgan fingerprint density at radius 1 is 0.893 bits per heavy atom. The molecule has 1 aliphatic carbocycles. The van der Waals surface area contributed by atoms with Gasteiger partial charge < -0.3 is 4.74 Å². The zero-order valence-corrected chi connectivity index (χ0v) is 17.5. The van der Waals surface area contributed by atoms with Crippen molar-refractivity contribution in [2.24, 2.45) is 5.92 Å². The number of hydrogen-bond acceptors (Lipinski definition) is 2. The molecule has 3 rings (SSSR count). The highest BCUT2D eigenvalue weighted by atomic mass is 16.5. The second kappa shape index (κ2) is 10.5. The molecule has 0 aromatic heterocycles. The van der Waals surface area contributed by atoms with Crippen molar-refractivity contribution in [3.05, 3.63) is 65.2 Å². The van der Waals surface area contributed by atoms with Gasteiger partial charge in [0.1, 0.15) is 5.75 Å². The smallest absolute Gasteiger partial charge is 0.343 e. The lowest BCUT2D eigenvalue weighted by Gasteiger charge is -2.28. The van der Waals surface area contributed by atoms with E-state index in [0.717, 1.165) is 18.8 Å². The van der Waals surface area contributed by atoms with Crippen molar-refractivity contribution in [1.29, 1.82) is 0 Å². The van der Waals surface area contributed by atoms with Crippen molar-refractivity contribution in [3.8, 4) is 5.75 Å².